The van der Waals surface area contributed by atoms with Crippen molar-refractivity contribution in [3.63, 3.8) is 0 Å². The number of benzene rings is 2. The molecule has 0 fully saturated rings. The Morgan fingerprint density at radius 2 is 1.72 bits per heavy atom. The lowest BCUT2D eigenvalue weighted by molar-refractivity contribution is 0.0671. The van der Waals surface area contributed by atoms with Gasteiger partial charge in [0.15, 0.2) is 0 Å². The molecule has 2 aromatic rings. The largest absolute Gasteiger partial charge is 0.382 e. The van der Waals surface area contributed by atoms with Crippen molar-refractivity contribution in [2.45, 2.75) is 53.6 Å². The van der Waals surface area contributed by atoms with Gasteiger partial charge < -0.3 is 14.0 Å². The second-order valence-electron chi connectivity index (χ2n) is 7.56. The number of amides is 1. The van der Waals surface area contributed by atoms with Crippen molar-refractivity contribution in [3.05, 3.63) is 58.6 Å². The molecule has 0 aliphatic rings. The van der Waals surface area contributed by atoms with Crippen LogP contribution in [0.3, 0.4) is 0 Å². The third kappa shape index (κ3) is 6.39. The molecule has 32 heavy (non-hydrogen) atoms. The maximum Gasteiger partial charge on any atom is 0.308 e. The van der Waals surface area contributed by atoms with Crippen LogP contribution in [0.4, 0.5) is 5.69 Å². The number of anilines is 1. The minimum atomic E-state index is -3.73. The van der Waals surface area contributed by atoms with E-state index in [0.29, 0.717) is 16.1 Å². The topological polar surface area (TPSA) is 66.9 Å². The number of hydrogen-bond donors (Lipinski definition) is 0. The lowest BCUT2D eigenvalue weighted by atomic mass is 10.1. The molecule has 1 atom stereocenters. The Kier molecular flexibility index (Phi) is 9.40. The highest BCUT2D eigenvalue weighted by atomic mass is 35.5. The Bertz CT molecular complexity index is 1020. The second-order valence-corrected chi connectivity index (χ2v) is 9.83. The van der Waals surface area contributed by atoms with Crippen LogP contribution in [-0.2, 0) is 16.7 Å². The summed E-state index contributed by atoms with van der Waals surface area (Å²) in [5.74, 6) is -0.103. The zero-order chi connectivity index (χ0) is 23.9. The summed E-state index contributed by atoms with van der Waals surface area (Å²) in [5.41, 5.74) is 1.91. The minimum absolute atomic E-state index is 0.0862. The average Bonchev–Trinajstić information content (AvgIpc) is 2.78. The standard InChI is InChI=1S/C24H33ClN2O4S/c1-6-18(5)27(24(28)21-12-10-11-13-22(21)25)17-19-14-15-20(26(7-2)8-3)16-23(19)31-32(29,30)9-4/h10-16,18H,6-9,17H2,1-5H3/t18-/m0/s1. The van der Waals surface area contributed by atoms with Gasteiger partial charge in [-0.1, -0.05) is 36.7 Å². The normalized spacial score (nSPS) is 12.3. The highest BCUT2D eigenvalue weighted by molar-refractivity contribution is 7.87. The summed E-state index contributed by atoms with van der Waals surface area (Å²) in [6.07, 6.45) is 0.733. The summed E-state index contributed by atoms with van der Waals surface area (Å²) in [5, 5.41) is 0.382. The molecule has 0 heterocycles. The lowest BCUT2D eigenvalue weighted by Gasteiger charge is -2.30. The van der Waals surface area contributed by atoms with Gasteiger partial charge in [-0.15, -0.1) is 0 Å². The lowest BCUT2D eigenvalue weighted by Crippen LogP contribution is -2.38. The first-order valence-corrected chi connectivity index (χ1v) is 13.0. The SMILES string of the molecule is CC[C@H](C)N(Cc1ccc(N(CC)CC)cc1OS(=O)(=O)CC)C(=O)c1ccccc1Cl. The second kappa shape index (κ2) is 11.6. The van der Waals surface area contributed by atoms with Crippen LogP contribution in [0, 0.1) is 0 Å². The van der Waals surface area contributed by atoms with Crippen LogP contribution in [0.25, 0.3) is 0 Å². The van der Waals surface area contributed by atoms with E-state index in [-0.39, 0.29) is 30.0 Å². The maximum absolute atomic E-state index is 13.4. The molecule has 2 aromatic carbocycles. The quantitative estimate of drug-likeness (QED) is 0.405. The highest BCUT2D eigenvalue weighted by Crippen LogP contribution is 2.30. The number of carbonyl (C=O) groups is 1. The van der Waals surface area contributed by atoms with Gasteiger partial charge in [-0.05, 0) is 52.3 Å². The summed E-state index contributed by atoms with van der Waals surface area (Å²) >= 11 is 6.28. The van der Waals surface area contributed by atoms with E-state index in [9.17, 15) is 13.2 Å². The molecule has 0 saturated carbocycles. The molecular formula is C24H33ClN2O4S. The van der Waals surface area contributed by atoms with Crippen molar-refractivity contribution in [2.24, 2.45) is 0 Å². The minimum Gasteiger partial charge on any atom is -0.382 e. The van der Waals surface area contributed by atoms with E-state index in [1.54, 1.807) is 35.2 Å². The highest BCUT2D eigenvalue weighted by Gasteiger charge is 2.25. The van der Waals surface area contributed by atoms with E-state index < -0.39 is 10.1 Å². The summed E-state index contributed by atoms with van der Waals surface area (Å²) in [4.78, 5) is 17.2. The van der Waals surface area contributed by atoms with E-state index in [4.69, 9.17) is 15.8 Å². The van der Waals surface area contributed by atoms with E-state index in [0.717, 1.165) is 25.2 Å². The van der Waals surface area contributed by atoms with E-state index in [1.807, 2.05) is 39.8 Å². The molecule has 1 amide bonds. The van der Waals surface area contributed by atoms with Gasteiger partial charge in [0.25, 0.3) is 5.91 Å². The van der Waals surface area contributed by atoms with Gasteiger partial charge in [0.1, 0.15) is 5.75 Å². The molecule has 0 radical (unpaired) electrons. The molecule has 0 saturated heterocycles. The van der Waals surface area contributed by atoms with E-state index in [2.05, 4.69) is 4.90 Å². The number of halogens is 1. The fourth-order valence-corrected chi connectivity index (χ4v) is 4.12. The van der Waals surface area contributed by atoms with Gasteiger partial charge in [-0.25, -0.2) is 0 Å². The summed E-state index contributed by atoms with van der Waals surface area (Å²) in [6.45, 7) is 11.3. The van der Waals surface area contributed by atoms with E-state index >= 15 is 0 Å². The molecule has 6 nitrogen and oxygen atoms in total. The van der Waals surface area contributed by atoms with Crippen LogP contribution in [0.1, 0.15) is 57.0 Å². The van der Waals surface area contributed by atoms with Crippen LogP contribution < -0.4 is 9.08 Å². The van der Waals surface area contributed by atoms with Crippen molar-refractivity contribution >= 4 is 33.3 Å². The third-order valence-corrected chi connectivity index (χ3v) is 7.05. The zero-order valence-electron chi connectivity index (χ0n) is 19.5. The molecule has 0 unspecified atom stereocenters. The molecule has 0 aromatic heterocycles. The average molecular weight is 481 g/mol. The maximum atomic E-state index is 13.4. The summed E-state index contributed by atoms with van der Waals surface area (Å²) in [6, 6.07) is 12.4. The van der Waals surface area contributed by atoms with Crippen molar-refractivity contribution in [3.8, 4) is 5.75 Å². The Hall–Kier alpha value is -2.25. The first kappa shape index (κ1) is 26.0. The first-order chi connectivity index (χ1) is 15.2. The van der Waals surface area contributed by atoms with Gasteiger partial charge >= 0.3 is 10.1 Å². The zero-order valence-corrected chi connectivity index (χ0v) is 21.0. The van der Waals surface area contributed by atoms with Crippen molar-refractivity contribution in [2.75, 3.05) is 23.7 Å². The van der Waals surface area contributed by atoms with Crippen LogP contribution in [0.5, 0.6) is 5.75 Å². The Labute approximate surface area is 197 Å². The van der Waals surface area contributed by atoms with Gasteiger partial charge in [0.2, 0.25) is 0 Å². The number of carbonyl (C=O) groups excluding carboxylic acids is 1. The van der Waals surface area contributed by atoms with E-state index in [1.165, 1.54) is 6.92 Å². The smallest absolute Gasteiger partial charge is 0.308 e. The van der Waals surface area contributed by atoms with Crippen LogP contribution >= 0.6 is 11.6 Å². The summed E-state index contributed by atoms with van der Waals surface area (Å²) in [7, 11) is -3.73. The van der Waals surface area contributed by atoms with Crippen LogP contribution in [-0.4, -0.2) is 44.1 Å². The number of nitrogens with zero attached hydrogens (tertiary/aromatic N) is 2. The molecule has 8 heteroatoms. The third-order valence-electron chi connectivity index (χ3n) is 5.58. The van der Waals surface area contributed by atoms with Crippen molar-refractivity contribution in [1.82, 2.24) is 4.90 Å². The molecule has 0 aliphatic carbocycles. The molecule has 0 aliphatic heterocycles. The Balaban J connectivity index is 2.51. The molecular weight excluding hydrogens is 448 g/mol. The number of rotatable bonds is 11. The fraction of sp³-hybridized carbons (Fsp3) is 0.458. The van der Waals surface area contributed by atoms with Gasteiger partial charge in [-0.2, -0.15) is 8.42 Å². The molecule has 0 N–H and O–H groups in total. The fourth-order valence-electron chi connectivity index (χ4n) is 3.35. The molecule has 0 spiro atoms. The predicted molar refractivity (Wildman–Crippen MR) is 131 cm³/mol. The monoisotopic (exact) mass is 480 g/mol. The summed E-state index contributed by atoms with van der Waals surface area (Å²) < 4.78 is 30.0. The Morgan fingerprint density at radius 3 is 2.28 bits per heavy atom. The van der Waals surface area contributed by atoms with Crippen molar-refractivity contribution < 1.29 is 17.4 Å². The van der Waals surface area contributed by atoms with Crippen LogP contribution in [0.2, 0.25) is 5.02 Å². The first-order valence-electron chi connectivity index (χ1n) is 11.0. The number of hydrogen-bond acceptors (Lipinski definition) is 5. The predicted octanol–water partition coefficient (Wildman–Crippen LogP) is 5.36. The van der Waals surface area contributed by atoms with Gasteiger partial charge in [0, 0.05) is 43.0 Å². The van der Waals surface area contributed by atoms with Gasteiger partial charge in [-0.3, -0.25) is 4.79 Å². The molecule has 176 valence electrons. The van der Waals surface area contributed by atoms with Crippen molar-refractivity contribution in [1.29, 1.82) is 0 Å². The van der Waals surface area contributed by atoms with Crippen LogP contribution in [0.15, 0.2) is 42.5 Å². The molecule has 2 rings (SSSR count). The molecule has 0 bridgehead atoms. The van der Waals surface area contributed by atoms with Gasteiger partial charge in [0.05, 0.1) is 16.3 Å². The Morgan fingerprint density at radius 1 is 1.06 bits per heavy atom.